The highest BCUT2D eigenvalue weighted by atomic mass is 32.1. The average molecular weight is 293 g/mol. The highest BCUT2D eigenvalue weighted by Gasteiger charge is 2.26. The zero-order valence-electron chi connectivity index (χ0n) is 12.0. The first kappa shape index (κ1) is 14.8. The van der Waals surface area contributed by atoms with Crippen molar-refractivity contribution < 1.29 is 14.3 Å². The second-order valence-electron chi connectivity index (χ2n) is 5.18. The molecule has 1 atom stereocenters. The first-order valence-electron chi connectivity index (χ1n) is 6.67. The van der Waals surface area contributed by atoms with Crippen molar-refractivity contribution in [2.24, 2.45) is 0 Å². The van der Waals surface area contributed by atoms with Gasteiger partial charge in [-0.3, -0.25) is 4.79 Å². The van der Waals surface area contributed by atoms with E-state index < -0.39 is 12.1 Å². The van der Waals surface area contributed by atoms with Gasteiger partial charge in [-0.1, -0.05) is 5.57 Å². The summed E-state index contributed by atoms with van der Waals surface area (Å²) >= 11 is 1.73. The molecule has 0 unspecified atom stereocenters. The Kier molecular flexibility index (Phi) is 4.60. The first-order chi connectivity index (χ1) is 9.47. The van der Waals surface area contributed by atoms with Crippen LogP contribution < -0.4 is 0 Å². The topological polar surface area (TPSA) is 46.6 Å². The van der Waals surface area contributed by atoms with Crippen LogP contribution in [0.25, 0.3) is 0 Å². The van der Waals surface area contributed by atoms with Crippen LogP contribution in [0.1, 0.15) is 31.2 Å². The Labute approximate surface area is 123 Å². The second kappa shape index (κ2) is 6.22. The fraction of sp³-hybridized carbons (Fsp3) is 0.467. The SMILES string of the molecule is CC(C)=CC(=O)O[C@H](C)C(=O)N1CCc2sccc2C1. The molecule has 108 valence electrons. The van der Waals surface area contributed by atoms with Gasteiger partial charge in [0.1, 0.15) is 0 Å². The van der Waals surface area contributed by atoms with Crippen LogP contribution in [-0.2, 0) is 27.3 Å². The molecular weight excluding hydrogens is 274 g/mol. The van der Waals surface area contributed by atoms with Gasteiger partial charge in [-0.05, 0) is 44.2 Å². The monoisotopic (exact) mass is 293 g/mol. The fourth-order valence-corrected chi connectivity index (χ4v) is 3.08. The van der Waals surface area contributed by atoms with Gasteiger partial charge in [0.25, 0.3) is 5.91 Å². The van der Waals surface area contributed by atoms with Gasteiger partial charge in [-0.15, -0.1) is 11.3 Å². The molecule has 0 fully saturated rings. The molecule has 0 saturated heterocycles. The number of carbonyl (C=O) groups excluding carboxylic acids is 2. The van der Waals surface area contributed by atoms with E-state index in [2.05, 4.69) is 11.4 Å². The molecule has 0 spiro atoms. The number of thiophene rings is 1. The number of carbonyl (C=O) groups is 2. The summed E-state index contributed by atoms with van der Waals surface area (Å²) in [6.07, 6.45) is 1.54. The largest absolute Gasteiger partial charge is 0.449 e. The number of hydrogen-bond acceptors (Lipinski definition) is 4. The normalized spacial score (nSPS) is 15.2. The van der Waals surface area contributed by atoms with Crippen molar-refractivity contribution in [3.63, 3.8) is 0 Å². The Balaban J connectivity index is 1.95. The van der Waals surface area contributed by atoms with Gasteiger partial charge in [0.05, 0.1) is 0 Å². The summed E-state index contributed by atoms with van der Waals surface area (Å²) in [6.45, 7) is 6.56. The Morgan fingerprint density at radius 3 is 2.90 bits per heavy atom. The van der Waals surface area contributed by atoms with E-state index >= 15 is 0 Å². The van der Waals surface area contributed by atoms with Crippen molar-refractivity contribution in [2.45, 2.75) is 39.8 Å². The van der Waals surface area contributed by atoms with E-state index in [-0.39, 0.29) is 5.91 Å². The molecule has 20 heavy (non-hydrogen) atoms. The number of allylic oxidation sites excluding steroid dienone is 1. The summed E-state index contributed by atoms with van der Waals surface area (Å²) in [5.41, 5.74) is 2.06. The first-order valence-corrected chi connectivity index (χ1v) is 7.55. The van der Waals surface area contributed by atoms with E-state index in [1.54, 1.807) is 23.2 Å². The second-order valence-corrected chi connectivity index (χ2v) is 6.18. The summed E-state index contributed by atoms with van der Waals surface area (Å²) < 4.78 is 5.14. The van der Waals surface area contributed by atoms with E-state index in [9.17, 15) is 9.59 Å². The molecule has 5 heteroatoms. The maximum atomic E-state index is 12.3. The van der Waals surface area contributed by atoms with Crippen molar-refractivity contribution in [2.75, 3.05) is 6.54 Å². The number of amides is 1. The minimum atomic E-state index is -0.738. The molecule has 0 aromatic carbocycles. The van der Waals surface area contributed by atoms with E-state index in [1.165, 1.54) is 16.5 Å². The van der Waals surface area contributed by atoms with Gasteiger partial charge < -0.3 is 9.64 Å². The van der Waals surface area contributed by atoms with Crippen LogP contribution >= 0.6 is 11.3 Å². The lowest BCUT2D eigenvalue weighted by Crippen LogP contribution is -2.42. The highest BCUT2D eigenvalue weighted by Crippen LogP contribution is 2.24. The number of ether oxygens (including phenoxy) is 1. The third kappa shape index (κ3) is 3.48. The Hall–Kier alpha value is -1.62. The molecule has 2 heterocycles. The third-order valence-electron chi connectivity index (χ3n) is 3.17. The van der Waals surface area contributed by atoms with Crippen LogP contribution in [0, 0.1) is 0 Å². The highest BCUT2D eigenvalue weighted by molar-refractivity contribution is 7.10. The van der Waals surface area contributed by atoms with Crippen molar-refractivity contribution in [3.05, 3.63) is 33.5 Å². The molecule has 0 aliphatic carbocycles. The van der Waals surface area contributed by atoms with Gasteiger partial charge in [0, 0.05) is 24.0 Å². The van der Waals surface area contributed by atoms with Crippen LogP contribution in [0.4, 0.5) is 0 Å². The van der Waals surface area contributed by atoms with E-state index in [0.29, 0.717) is 13.1 Å². The molecule has 1 aromatic rings. The van der Waals surface area contributed by atoms with Crippen molar-refractivity contribution in [1.29, 1.82) is 0 Å². The minimum absolute atomic E-state index is 0.127. The number of hydrogen-bond donors (Lipinski definition) is 0. The smallest absolute Gasteiger partial charge is 0.331 e. The Morgan fingerprint density at radius 2 is 2.20 bits per heavy atom. The molecule has 0 saturated carbocycles. The Morgan fingerprint density at radius 1 is 1.45 bits per heavy atom. The molecule has 1 aliphatic rings. The lowest BCUT2D eigenvalue weighted by molar-refractivity contribution is -0.155. The van der Waals surface area contributed by atoms with Gasteiger partial charge >= 0.3 is 5.97 Å². The number of nitrogens with zero attached hydrogens (tertiary/aromatic N) is 1. The maximum Gasteiger partial charge on any atom is 0.331 e. The van der Waals surface area contributed by atoms with Crippen LogP contribution in [0.3, 0.4) is 0 Å². The van der Waals surface area contributed by atoms with Crippen LogP contribution in [-0.4, -0.2) is 29.4 Å². The van der Waals surface area contributed by atoms with E-state index in [1.807, 2.05) is 13.8 Å². The molecule has 0 bridgehead atoms. The molecule has 1 aliphatic heterocycles. The summed E-state index contributed by atoms with van der Waals surface area (Å²) in [5.74, 6) is -0.587. The zero-order valence-corrected chi connectivity index (χ0v) is 12.8. The van der Waals surface area contributed by atoms with Crippen LogP contribution in [0.5, 0.6) is 0 Å². The molecule has 1 amide bonds. The zero-order chi connectivity index (χ0) is 14.7. The van der Waals surface area contributed by atoms with Crippen molar-refractivity contribution in [3.8, 4) is 0 Å². The third-order valence-corrected chi connectivity index (χ3v) is 4.19. The Bertz CT molecular complexity index is 543. The quantitative estimate of drug-likeness (QED) is 0.635. The molecule has 4 nitrogen and oxygen atoms in total. The minimum Gasteiger partial charge on any atom is -0.449 e. The van der Waals surface area contributed by atoms with Gasteiger partial charge in [0.2, 0.25) is 0 Å². The lowest BCUT2D eigenvalue weighted by Gasteiger charge is -2.29. The van der Waals surface area contributed by atoms with Crippen molar-refractivity contribution >= 4 is 23.2 Å². The molecule has 0 N–H and O–H groups in total. The summed E-state index contributed by atoms with van der Waals surface area (Å²) in [6, 6.07) is 2.05. The standard InChI is InChI=1S/C15H19NO3S/c1-10(2)8-14(17)19-11(3)15(18)16-6-4-13-12(9-16)5-7-20-13/h5,7-8,11H,4,6,9H2,1-3H3/t11-/m1/s1. The summed E-state index contributed by atoms with van der Waals surface area (Å²) in [7, 11) is 0. The average Bonchev–Trinajstić information content (AvgIpc) is 2.83. The molecule has 0 radical (unpaired) electrons. The maximum absolute atomic E-state index is 12.3. The summed E-state index contributed by atoms with van der Waals surface area (Å²) in [4.78, 5) is 26.9. The predicted octanol–water partition coefficient (Wildman–Crippen LogP) is 2.53. The molecule has 2 rings (SSSR count). The molecule has 1 aromatic heterocycles. The van der Waals surface area contributed by atoms with Crippen LogP contribution in [0.15, 0.2) is 23.1 Å². The van der Waals surface area contributed by atoms with Gasteiger partial charge in [0.15, 0.2) is 6.10 Å². The van der Waals surface area contributed by atoms with Crippen molar-refractivity contribution in [1.82, 2.24) is 4.90 Å². The number of fused-ring (bicyclic) bond motifs is 1. The van der Waals surface area contributed by atoms with E-state index in [4.69, 9.17) is 4.74 Å². The van der Waals surface area contributed by atoms with Gasteiger partial charge in [-0.25, -0.2) is 4.79 Å². The molecular formula is C15H19NO3S. The number of esters is 1. The predicted molar refractivity (Wildman–Crippen MR) is 78.4 cm³/mol. The fourth-order valence-electron chi connectivity index (χ4n) is 2.19. The van der Waals surface area contributed by atoms with Crippen LogP contribution in [0.2, 0.25) is 0 Å². The van der Waals surface area contributed by atoms with Gasteiger partial charge in [-0.2, -0.15) is 0 Å². The van der Waals surface area contributed by atoms with E-state index in [0.717, 1.165) is 12.0 Å². The number of rotatable bonds is 3. The summed E-state index contributed by atoms with van der Waals surface area (Å²) in [5, 5.41) is 2.05. The lowest BCUT2D eigenvalue weighted by atomic mass is 10.1.